The number of benzene rings is 1. The lowest BCUT2D eigenvalue weighted by Crippen LogP contribution is -2.22. The molecule has 0 amide bonds. The monoisotopic (exact) mass is 248 g/mol. The summed E-state index contributed by atoms with van der Waals surface area (Å²) in [5, 5.41) is 13.2. The summed E-state index contributed by atoms with van der Waals surface area (Å²) in [6.07, 6.45) is 0.800. The second-order valence-corrected chi connectivity index (χ2v) is 4.38. The van der Waals surface area contributed by atoms with Crippen LogP contribution in [0.2, 0.25) is 0 Å². The Morgan fingerprint density at radius 1 is 1.44 bits per heavy atom. The van der Waals surface area contributed by atoms with Gasteiger partial charge in [-0.05, 0) is 25.5 Å². The fourth-order valence-electron chi connectivity index (χ4n) is 1.96. The van der Waals surface area contributed by atoms with Gasteiger partial charge in [-0.15, -0.1) is 0 Å². The fourth-order valence-corrected chi connectivity index (χ4v) is 1.96. The van der Waals surface area contributed by atoms with Gasteiger partial charge in [0, 0.05) is 22.8 Å². The molecule has 0 bridgehead atoms. The molecule has 96 valence electrons. The molecule has 2 aromatic rings. The number of pyridine rings is 1. The molecule has 0 saturated heterocycles. The van der Waals surface area contributed by atoms with E-state index in [1.807, 2.05) is 26.0 Å². The molecule has 0 aliphatic carbocycles. The first kappa shape index (κ1) is 12.8. The van der Waals surface area contributed by atoms with Crippen LogP contribution in [0.3, 0.4) is 0 Å². The molecule has 0 unspecified atom stereocenters. The molecule has 1 heterocycles. The summed E-state index contributed by atoms with van der Waals surface area (Å²) >= 11 is 0. The zero-order chi connectivity index (χ0) is 13.1. The molecule has 0 radical (unpaired) electrons. The van der Waals surface area contributed by atoms with Crippen molar-refractivity contribution in [1.29, 1.82) is 0 Å². The van der Waals surface area contributed by atoms with Gasteiger partial charge in [0.05, 0.1) is 6.61 Å². The van der Waals surface area contributed by atoms with Gasteiger partial charge in [0.25, 0.3) is 0 Å². The van der Waals surface area contributed by atoms with Crippen LogP contribution in [0, 0.1) is 12.7 Å². The van der Waals surface area contributed by atoms with Crippen LogP contribution < -0.4 is 5.32 Å². The molecule has 2 rings (SSSR count). The van der Waals surface area contributed by atoms with Crippen LogP contribution >= 0.6 is 0 Å². The number of para-hydroxylation sites is 1. The van der Waals surface area contributed by atoms with E-state index in [1.165, 1.54) is 6.07 Å². The second kappa shape index (κ2) is 5.31. The second-order valence-electron chi connectivity index (χ2n) is 4.38. The minimum absolute atomic E-state index is 0.0294. The summed E-state index contributed by atoms with van der Waals surface area (Å²) in [5.74, 6) is -0.323. The van der Waals surface area contributed by atoms with Crippen molar-refractivity contribution in [2.75, 3.05) is 11.9 Å². The molecular formula is C14H17FN2O. The number of aliphatic hydroxyl groups excluding tert-OH is 1. The van der Waals surface area contributed by atoms with E-state index in [4.69, 9.17) is 0 Å². The minimum Gasteiger partial charge on any atom is -0.394 e. The van der Waals surface area contributed by atoms with Crippen molar-refractivity contribution in [1.82, 2.24) is 4.98 Å². The lowest BCUT2D eigenvalue weighted by molar-refractivity contribution is 0.272. The molecule has 18 heavy (non-hydrogen) atoms. The number of aryl methyl sites for hydroxylation is 1. The zero-order valence-corrected chi connectivity index (χ0v) is 10.6. The highest BCUT2D eigenvalue weighted by Gasteiger charge is 2.10. The first-order chi connectivity index (χ1) is 8.65. The van der Waals surface area contributed by atoms with Gasteiger partial charge in [-0.2, -0.15) is 0 Å². The number of aliphatic hydroxyl groups is 1. The van der Waals surface area contributed by atoms with Crippen LogP contribution in [-0.4, -0.2) is 22.7 Å². The number of anilines is 1. The first-order valence-corrected chi connectivity index (χ1v) is 6.09. The van der Waals surface area contributed by atoms with Crippen LogP contribution in [0.4, 0.5) is 10.1 Å². The van der Waals surface area contributed by atoms with Gasteiger partial charge >= 0.3 is 0 Å². The van der Waals surface area contributed by atoms with Gasteiger partial charge in [-0.25, -0.2) is 9.37 Å². The van der Waals surface area contributed by atoms with Crippen molar-refractivity contribution >= 4 is 16.6 Å². The number of nitrogens with zero attached hydrogens (tertiary/aromatic N) is 1. The Morgan fingerprint density at radius 3 is 2.89 bits per heavy atom. The summed E-state index contributed by atoms with van der Waals surface area (Å²) in [5.41, 5.74) is 1.94. The predicted octanol–water partition coefficient (Wildman–Crippen LogP) is 2.87. The van der Waals surface area contributed by atoms with Crippen molar-refractivity contribution in [2.45, 2.75) is 26.3 Å². The van der Waals surface area contributed by atoms with Crippen molar-refractivity contribution in [3.05, 3.63) is 35.8 Å². The van der Waals surface area contributed by atoms with Gasteiger partial charge in [0.2, 0.25) is 0 Å². The molecule has 0 spiro atoms. The highest BCUT2D eigenvalue weighted by molar-refractivity contribution is 5.91. The van der Waals surface area contributed by atoms with Crippen LogP contribution in [-0.2, 0) is 0 Å². The Labute approximate surface area is 106 Å². The topological polar surface area (TPSA) is 45.1 Å². The molecule has 0 fully saturated rings. The molecule has 1 aromatic carbocycles. The van der Waals surface area contributed by atoms with E-state index >= 15 is 0 Å². The molecule has 3 nitrogen and oxygen atoms in total. The van der Waals surface area contributed by atoms with Gasteiger partial charge in [-0.1, -0.05) is 19.1 Å². The molecule has 0 aliphatic rings. The minimum atomic E-state index is -0.323. The number of hydrogen-bond donors (Lipinski definition) is 2. The highest BCUT2D eigenvalue weighted by Crippen LogP contribution is 2.25. The Bertz CT molecular complexity index is 553. The average Bonchev–Trinajstić information content (AvgIpc) is 2.37. The lowest BCUT2D eigenvalue weighted by Gasteiger charge is -2.17. The third kappa shape index (κ3) is 2.43. The third-order valence-electron chi connectivity index (χ3n) is 2.99. The van der Waals surface area contributed by atoms with Gasteiger partial charge in [0.1, 0.15) is 11.3 Å². The average molecular weight is 248 g/mol. The van der Waals surface area contributed by atoms with Crippen LogP contribution in [0.25, 0.3) is 10.9 Å². The SMILES string of the molecule is CC[C@H](CO)Nc1cc(C)nc2c(F)cccc12. The van der Waals surface area contributed by atoms with Gasteiger partial charge in [0.15, 0.2) is 0 Å². The maximum absolute atomic E-state index is 13.7. The lowest BCUT2D eigenvalue weighted by atomic mass is 10.1. The summed E-state index contributed by atoms with van der Waals surface area (Å²) in [6.45, 7) is 3.87. The van der Waals surface area contributed by atoms with E-state index in [0.29, 0.717) is 5.52 Å². The quantitative estimate of drug-likeness (QED) is 0.874. The Hall–Kier alpha value is -1.68. The molecule has 0 aliphatic heterocycles. The molecule has 4 heteroatoms. The number of rotatable bonds is 4. The molecule has 1 aromatic heterocycles. The number of nitrogens with one attached hydrogen (secondary N) is 1. The Balaban J connectivity index is 2.52. The van der Waals surface area contributed by atoms with E-state index in [-0.39, 0.29) is 18.5 Å². The molecule has 1 atom stereocenters. The maximum atomic E-state index is 13.7. The summed E-state index contributed by atoms with van der Waals surface area (Å²) < 4.78 is 13.7. The van der Waals surface area contributed by atoms with E-state index in [0.717, 1.165) is 23.2 Å². The zero-order valence-electron chi connectivity index (χ0n) is 10.6. The van der Waals surface area contributed by atoms with E-state index < -0.39 is 0 Å². The smallest absolute Gasteiger partial charge is 0.149 e. The van der Waals surface area contributed by atoms with E-state index in [2.05, 4.69) is 10.3 Å². The van der Waals surface area contributed by atoms with Crippen LogP contribution in [0.5, 0.6) is 0 Å². The van der Waals surface area contributed by atoms with Gasteiger partial charge in [-0.3, -0.25) is 0 Å². The van der Waals surface area contributed by atoms with Crippen molar-refractivity contribution in [3.63, 3.8) is 0 Å². The Kier molecular flexibility index (Phi) is 3.77. The van der Waals surface area contributed by atoms with E-state index in [9.17, 15) is 9.50 Å². The standard InChI is InChI=1S/C14H17FN2O/c1-3-10(8-18)17-13-7-9(2)16-14-11(13)5-4-6-12(14)15/h4-7,10,18H,3,8H2,1-2H3,(H,16,17)/t10-/m1/s1. The van der Waals surface area contributed by atoms with E-state index in [1.54, 1.807) is 6.07 Å². The summed E-state index contributed by atoms with van der Waals surface area (Å²) in [4.78, 5) is 4.22. The summed E-state index contributed by atoms with van der Waals surface area (Å²) in [7, 11) is 0. The highest BCUT2D eigenvalue weighted by atomic mass is 19.1. The largest absolute Gasteiger partial charge is 0.394 e. The number of aromatic nitrogens is 1. The predicted molar refractivity (Wildman–Crippen MR) is 71.2 cm³/mol. The Morgan fingerprint density at radius 2 is 2.22 bits per heavy atom. The number of fused-ring (bicyclic) bond motifs is 1. The van der Waals surface area contributed by atoms with Crippen LogP contribution in [0.1, 0.15) is 19.0 Å². The van der Waals surface area contributed by atoms with Crippen molar-refractivity contribution in [2.24, 2.45) is 0 Å². The maximum Gasteiger partial charge on any atom is 0.149 e. The van der Waals surface area contributed by atoms with Gasteiger partial charge < -0.3 is 10.4 Å². The fraction of sp³-hybridized carbons (Fsp3) is 0.357. The number of halogens is 1. The van der Waals surface area contributed by atoms with Crippen LogP contribution in [0.15, 0.2) is 24.3 Å². The molecular weight excluding hydrogens is 231 g/mol. The number of hydrogen-bond acceptors (Lipinski definition) is 3. The first-order valence-electron chi connectivity index (χ1n) is 6.09. The van der Waals surface area contributed by atoms with Crippen molar-refractivity contribution < 1.29 is 9.50 Å². The third-order valence-corrected chi connectivity index (χ3v) is 2.99. The van der Waals surface area contributed by atoms with Crippen molar-refractivity contribution in [3.8, 4) is 0 Å². The molecule has 2 N–H and O–H groups in total. The molecule has 0 saturated carbocycles. The summed E-state index contributed by atoms with van der Waals surface area (Å²) in [6, 6.07) is 6.75. The normalized spacial score (nSPS) is 12.7.